The van der Waals surface area contributed by atoms with Crippen molar-refractivity contribution in [3.8, 4) is 0 Å². The van der Waals surface area contributed by atoms with E-state index < -0.39 is 0 Å². The molecule has 3 aromatic carbocycles. The predicted octanol–water partition coefficient (Wildman–Crippen LogP) is 5.43. The average molecular weight is 419 g/mol. The molecule has 0 spiro atoms. The number of para-hydroxylation sites is 1. The van der Waals surface area contributed by atoms with Crippen LogP contribution in [0.3, 0.4) is 0 Å². The lowest BCUT2D eigenvalue weighted by Crippen LogP contribution is -2.31. The summed E-state index contributed by atoms with van der Waals surface area (Å²) in [7, 11) is 1.63. The van der Waals surface area contributed by atoms with E-state index in [1.54, 1.807) is 7.05 Å². The molecule has 1 N–H and O–H groups in total. The number of aryl methyl sites for hydroxylation is 1. The van der Waals surface area contributed by atoms with Crippen LogP contribution in [0.25, 0.3) is 0 Å². The van der Waals surface area contributed by atoms with Crippen molar-refractivity contribution in [3.05, 3.63) is 89.5 Å². The molecule has 0 bridgehead atoms. The number of hydrogen-bond acceptors (Lipinski definition) is 3. The Morgan fingerprint density at radius 3 is 2.23 bits per heavy atom. The predicted molar refractivity (Wildman–Crippen MR) is 124 cm³/mol. The smallest absolute Gasteiger partial charge is 0.258 e. The van der Waals surface area contributed by atoms with Gasteiger partial charge in [-0.25, -0.2) is 0 Å². The summed E-state index contributed by atoms with van der Waals surface area (Å²) in [5.41, 5.74) is 3.40. The molecule has 4 nitrogen and oxygen atoms in total. The lowest BCUT2D eigenvalue weighted by molar-refractivity contribution is 0.0958. The lowest BCUT2D eigenvalue weighted by atomic mass is 10.1. The standard InChI is InChI=1S/C25H26N2O2S/c1-4-18-10-6-8-12-22(18)27(5-2)25(29)19-14-16-20(17-15-19)30-23-13-9-7-11-21(23)24(28)26-3/h6-17H,4-5H2,1-3H3,(H,26,28). The van der Waals surface area contributed by atoms with E-state index in [1.165, 1.54) is 11.8 Å². The minimum atomic E-state index is -0.113. The summed E-state index contributed by atoms with van der Waals surface area (Å²) in [6.45, 7) is 4.69. The maximum absolute atomic E-state index is 13.2. The molecule has 0 aliphatic heterocycles. The van der Waals surface area contributed by atoms with Crippen LogP contribution in [0.4, 0.5) is 5.69 Å². The fourth-order valence-corrected chi connectivity index (χ4v) is 4.27. The number of hydrogen-bond donors (Lipinski definition) is 1. The van der Waals surface area contributed by atoms with Gasteiger partial charge in [0.25, 0.3) is 11.8 Å². The number of nitrogens with one attached hydrogen (secondary N) is 1. The maximum atomic E-state index is 13.2. The summed E-state index contributed by atoms with van der Waals surface area (Å²) in [6, 6.07) is 23.1. The van der Waals surface area contributed by atoms with Crippen LogP contribution < -0.4 is 10.2 Å². The van der Waals surface area contributed by atoms with Crippen LogP contribution >= 0.6 is 11.8 Å². The number of anilines is 1. The number of amides is 2. The molecule has 0 aromatic heterocycles. The van der Waals surface area contributed by atoms with Crippen LogP contribution in [0.15, 0.2) is 82.6 Å². The topological polar surface area (TPSA) is 49.4 Å². The fraction of sp³-hybridized carbons (Fsp3) is 0.200. The Hall–Kier alpha value is -3.05. The summed E-state index contributed by atoms with van der Waals surface area (Å²) < 4.78 is 0. The number of benzene rings is 3. The molecule has 0 aliphatic carbocycles. The second kappa shape index (κ2) is 10.1. The van der Waals surface area contributed by atoms with Crippen molar-refractivity contribution in [2.75, 3.05) is 18.5 Å². The third-order valence-electron chi connectivity index (χ3n) is 4.91. The normalized spacial score (nSPS) is 10.5. The molecule has 154 valence electrons. The first-order valence-electron chi connectivity index (χ1n) is 10.1. The zero-order valence-corrected chi connectivity index (χ0v) is 18.3. The van der Waals surface area contributed by atoms with Crippen molar-refractivity contribution in [1.29, 1.82) is 0 Å². The Kier molecular flexibility index (Phi) is 7.31. The van der Waals surface area contributed by atoms with Gasteiger partial charge in [-0.05, 0) is 61.4 Å². The molecule has 3 rings (SSSR count). The minimum Gasteiger partial charge on any atom is -0.355 e. The highest BCUT2D eigenvalue weighted by molar-refractivity contribution is 7.99. The minimum absolute atomic E-state index is 0.0132. The summed E-state index contributed by atoms with van der Waals surface area (Å²) >= 11 is 1.51. The molecule has 0 aliphatic rings. The van der Waals surface area contributed by atoms with E-state index in [-0.39, 0.29) is 11.8 Å². The molecule has 30 heavy (non-hydrogen) atoms. The summed E-state index contributed by atoms with van der Waals surface area (Å²) in [6.07, 6.45) is 0.875. The van der Waals surface area contributed by atoms with E-state index in [0.29, 0.717) is 17.7 Å². The Morgan fingerprint density at radius 1 is 0.900 bits per heavy atom. The van der Waals surface area contributed by atoms with E-state index >= 15 is 0 Å². The average Bonchev–Trinajstić information content (AvgIpc) is 2.80. The fourth-order valence-electron chi connectivity index (χ4n) is 3.32. The van der Waals surface area contributed by atoms with Crippen molar-refractivity contribution in [2.24, 2.45) is 0 Å². The number of nitrogens with zero attached hydrogens (tertiary/aromatic N) is 1. The lowest BCUT2D eigenvalue weighted by Gasteiger charge is -2.24. The van der Waals surface area contributed by atoms with Crippen LogP contribution in [0, 0.1) is 0 Å². The van der Waals surface area contributed by atoms with Gasteiger partial charge in [-0.3, -0.25) is 9.59 Å². The van der Waals surface area contributed by atoms with Crippen molar-refractivity contribution < 1.29 is 9.59 Å². The SMILES string of the molecule is CCc1ccccc1N(CC)C(=O)c1ccc(Sc2ccccc2C(=O)NC)cc1. The van der Waals surface area contributed by atoms with Crippen LogP contribution in [0.2, 0.25) is 0 Å². The van der Waals surface area contributed by atoms with Gasteiger partial charge in [-0.15, -0.1) is 0 Å². The van der Waals surface area contributed by atoms with Gasteiger partial charge in [0.1, 0.15) is 0 Å². The van der Waals surface area contributed by atoms with Crippen molar-refractivity contribution >= 4 is 29.3 Å². The van der Waals surface area contributed by atoms with Gasteiger partial charge in [0.15, 0.2) is 0 Å². The first kappa shape index (κ1) is 21.7. The largest absolute Gasteiger partial charge is 0.355 e. The molecule has 0 saturated heterocycles. The molecule has 5 heteroatoms. The van der Waals surface area contributed by atoms with Crippen molar-refractivity contribution in [3.63, 3.8) is 0 Å². The second-order valence-corrected chi connectivity index (χ2v) is 7.85. The third kappa shape index (κ3) is 4.74. The maximum Gasteiger partial charge on any atom is 0.258 e. The van der Waals surface area contributed by atoms with Crippen molar-refractivity contribution in [1.82, 2.24) is 5.32 Å². The molecule has 0 atom stereocenters. The Labute approximate surface area is 182 Å². The molecule has 0 saturated carbocycles. The highest BCUT2D eigenvalue weighted by Crippen LogP contribution is 2.31. The van der Waals surface area contributed by atoms with Crippen LogP contribution in [0.1, 0.15) is 40.1 Å². The van der Waals surface area contributed by atoms with E-state index in [0.717, 1.165) is 27.5 Å². The van der Waals surface area contributed by atoms with Crippen molar-refractivity contribution in [2.45, 2.75) is 30.1 Å². The zero-order valence-electron chi connectivity index (χ0n) is 17.5. The van der Waals surface area contributed by atoms with E-state index in [2.05, 4.69) is 18.3 Å². The van der Waals surface area contributed by atoms with Gasteiger partial charge in [-0.2, -0.15) is 0 Å². The number of carbonyl (C=O) groups excluding carboxylic acids is 2. The summed E-state index contributed by atoms with van der Waals surface area (Å²) in [4.78, 5) is 28.9. The molecular formula is C25H26N2O2S. The van der Waals surface area contributed by atoms with Gasteiger partial charge in [-0.1, -0.05) is 49.0 Å². The van der Waals surface area contributed by atoms with Gasteiger partial charge in [0.2, 0.25) is 0 Å². The molecule has 0 radical (unpaired) electrons. The quantitative estimate of drug-likeness (QED) is 0.557. The monoisotopic (exact) mass is 418 g/mol. The van der Waals surface area contributed by atoms with Crippen LogP contribution in [-0.4, -0.2) is 25.4 Å². The molecule has 0 heterocycles. The Bertz CT molecular complexity index is 1030. The zero-order chi connectivity index (χ0) is 21.5. The molecule has 0 fully saturated rings. The van der Waals surface area contributed by atoms with Gasteiger partial charge in [0.05, 0.1) is 5.56 Å². The number of carbonyl (C=O) groups is 2. The highest BCUT2D eigenvalue weighted by Gasteiger charge is 2.18. The third-order valence-corrected chi connectivity index (χ3v) is 6.00. The van der Waals surface area contributed by atoms with E-state index in [9.17, 15) is 9.59 Å². The number of rotatable bonds is 7. The molecule has 2 amide bonds. The van der Waals surface area contributed by atoms with Gasteiger partial charge < -0.3 is 10.2 Å². The van der Waals surface area contributed by atoms with Gasteiger partial charge in [0, 0.05) is 34.6 Å². The van der Waals surface area contributed by atoms with E-state index in [1.807, 2.05) is 78.6 Å². The first-order chi connectivity index (χ1) is 14.6. The van der Waals surface area contributed by atoms with Crippen LogP contribution in [-0.2, 0) is 6.42 Å². The van der Waals surface area contributed by atoms with Crippen LogP contribution in [0.5, 0.6) is 0 Å². The van der Waals surface area contributed by atoms with E-state index in [4.69, 9.17) is 0 Å². The second-order valence-electron chi connectivity index (χ2n) is 6.73. The summed E-state index contributed by atoms with van der Waals surface area (Å²) in [5, 5.41) is 2.67. The molecule has 3 aromatic rings. The molecule has 0 unspecified atom stereocenters. The first-order valence-corrected chi connectivity index (χ1v) is 10.9. The Balaban J connectivity index is 1.82. The highest BCUT2D eigenvalue weighted by atomic mass is 32.2. The summed E-state index contributed by atoms with van der Waals surface area (Å²) in [5.74, 6) is -0.126. The Morgan fingerprint density at radius 2 is 1.57 bits per heavy atom. The van der Waals surface area contributed by atoms with Gasteiger partial charge >= 0.3 is 0 Å². The molecular weight excluding hydrogens is 392 g/mol.